The van der Waals surface area contributed by atoms with E-state index in [1.165, 1.54) is 25.7 Å². The molecule has 0 aromatic rings. The van der Waals surface area contributed by atoms with Crippen LogP contribution in [0.1, 0.15) is 66.7 Å². The SMILES string of the molecule is CCC(=O)OCC(C)COC(C)C1CCCC(C)(C)C1. The number of carbonyl (C=O) groups excluding carboxylic acids is 1. The molecule has 118 valence electrons. The summed E-state index contributed by atoms with van der Waals surface area (Å²) in [5, 5.41) is 0. The molecule has 3 heteroatoms. The molecule has 0 aromatic carbocycles. The Morgan fingerprint density at radius 3 is 2.60 bits per heavy atom. The van der Waals surface area contributed by atoms with Crippen LogP contribution in [-0.2, 0) is 14.3 Å². The summed E-state index contributed by atoms with van der Waals surface area (Å²) in [5.74, 6) is 0.813. The van der Waals surface area contributed by atoms with Crippen LogP contribution in [0.3, 0.4) is 0 Å². The summed E-state index contributed by atoms with van der Waals surface area (Å²) in [4.78, 5) is 11.1. The van der Waals surface area contributed by atoms with Gasteiger partial charge in [0.25, 0.3) is 0 Å². The van der Waals surface area contributed by atoms with Crippen molar-refractivity contribution < 1.29 is 14.3 Å². The number of rotatable bonds is 7. The Morgan fingerprint density at radius 2 is 2.00 bits per heavy atom. The molecule has 0 aromatic heterocycles. The Bertz CT molecular complexity index is 299. The normalized spacial score (nSPS) is 24.9. The number of carbonyl (C=O) groups is 1. The molecule has 1 rings (SSSR count). The van der Waals surface area contributed by atoms with Gasteiger partial charge in [0.15, 0.2) is 0 Å². The number of hydrogen-bond acceptors (Lipinski definition) is 3. The van der Waals surface area contributed by atoms with E-state index in [-0.39, 0.29) is 11.9 Å². The minimum absolute atomic E-state index is 0.126. The third kappa shape index (κ3) is 6.25. The zero-order chi connectivity index (χ0) is 15.2. The van der Waals surface area contributed by atoms with Crippen LogP contribution in [0.25, 0.3) is 0 Å². The maximum atomic E-state index is 11.1. The van der Waals surface area contributed by atoms with Gasteiger partial charge in [0, 0.05) is 12.3 Å². The molecule has 0 saturated heterocycles. The fraction of sp³-hybridized carbons (Fsp3) is 0.941. The first-order valence-electron chi connectivity index (χ1n) is 8.11. The maximum absolute atomic E-state index is 11.1. The highest BCUT2D eigenvalue weighted by Crippen LogP contribution is 2.40. The lowest BCUT2D eigenvalue weighted by molar-refractivity contribution is -0.145. The molecular formula is C17H32O3. The summed E-state index contributed by atoms with van der Waals surface area (Å²) < 4.78 is 11.2. The third-order valence-electron chi connectivity index (χ3n) is 4.37. The first-order chi connectivity index (χ1) is 9.34. The third-order valence-corrected chi connectivity index (χ3v) is 4.37. The van der Waals surface area contributed by atoms with Gasteiger partial charge < -0.3 is 9.47 Å². The minimum atomic E-state index is -0.126. The fourth-order valence-electron chi connectivity index (χ4n) is 2.99. The molecule has 3 nitrogen and oxygen atoms in total. The van der Waals surface area contributed by atoms with Gasteiger partial charge in [0.05, 0.1) is 19.3 Å². The van der Waals surface area contributed by atoms with Crippen molar-refractivity contribution in [3.8, 4) is 0 Å². The molecule has 1 aliphatic carbocycles. The lowest BCUT2D eigenvalue weighted by Gasteiger charge is -2.38. The standard InChI is InChI=1S/C17H32O3/c1-6-16(18)20-12-13(2)11-19-14(3)15-8-7-9-17(4,5)10-15/h13-15H,6-12H2,1-5H3. The molecule has 20 heavy (non-hydrogen) atoms. The van der Waals surface area contributed by atoms with E-state index in [4.69, 9.17) is 9.47 Å². The molecule has 3 unspecified atom stereocenters. The van der Waals surface area contributed by atoms with Crippen molar-refractivity contribution in [2.75, 3.05) is 13.2 Å². The predicted molar refractivity (Wildman–Crippen MR) is 81.6 cm³/mol. The minimum Gasteiger partial charge on any atom is -0.465 e. The highest BCUT2D eigenvalue weighted by molar-refractivity contribution is 5.68. The van der Waals surface area contributed by atoms with Crippen LogP contribution in [-0.4, -0.2) is 25.3 Å². The molecule has 0 amide bonds. The lowest BCUT2D eigenvalue weighted by Crippen LogP contribution is -2.32. The first-order valence-corrected chi connectivity index (χ1v) is 8.11. The highest BCUT2D eigenvalue weighted by atomic mass is 16.5. The largest absolute Gasteiger partial charge is 0.465 e. The van der Waals surface area contributed by atoms with E-state index in [0.29, 0.717) is 37.1 Å². The second-order valence-corrected chi connectivity index (χ2v) is 7.20. The lowest BCUT2D eigenvalue weighted by atomic mass is 9.71. The molecule has 3 atom stereocenters. The van der Waals surface area contributed by atoms with Crippen molar-refractivity contribution in [2.24, 2.45) is 17.3 Å². The average molecular weight is 284 g/mol. The maximum Gasteiger partial charge on any atom is 0.305 e. The fourth-order valence-corrected chi connectivity index (χ4v) is 2.99. The van der Waals surface area contributed by atoms with Gasteiger partial charge in [-0.2, -0.15) is 0 Å². The van der Waals surface area contributed by atoms with Crippen LogP contribution in [0, 0.1) is 17.3 Å². The molecule has 0 spiro atoms. The van der Waals surface area contributed by atoms with Crippen LogP contribution >= 0.6 is 0 Å². The zero-order valence-corrected chi connectivity index (χ0v) is 13.9. The van der Waals surface area contributed by atoms with Crippen molar-refractivity contribution in [1.29, 1.82) is 0 Å². The number of ether oxygens (including phenoxy) is 2. The predicted octanol–water partition coefficient (Wildman–Crippen LogP) is 4.20. The smallest absolute Gasteiger partial charge is 0.305 e. The quantitative estimate of drug-likeness (QED) is 0.657. The van der Waals surface area contributed by atoms with Crippen molar-refractivity contribution >= 4 is 5.97 Å². The molecule has 0 aliphatic heterocycles. The summed E-state index contributed by atoms with van der Waals surface area (Å²) in [6, 6.07) is 0. The van der Waals surface area contributed by atoms with Crippen LogP contribution in [0.4, 0.5) is 0 Å². The summed E-state index contributed by atoms with van der Waals surface area (Å²) >= 11 is 0. The first kappa shape index (κ1) is 17.5. The molecule has 1 saturated carbocycles. The van der Waals surface area contributed by atoms with Crippen molar-refractivity contribution in [1.82, 2.24) is 0 Å². The zero-order valence-electron chi connectivity index (χ0n) is 13.9. The molecular weight excluding hydrogens is 252 g/mol. The molecule has 0 bridgehead atoms. The van der Waals surface area contributed by atoms with E-state index in [1.54, 1.807) is 0 Å². The van der Waals surface area contributed by atoms with Crippen molar-refractivity contribution in [2.45, 2.75) is 72.8 Å². The Morgan fingerprint density at radius 1 is 1.30 bits per heavy atom. The highest BCUT2D eigenvalue weighted by Gasteiger charge is 2.31. The van der Waals surface area contributed by atoms with Gasteiger partial charge >= 0.3 is 5.97 Å². The monoisotopic (exact) mass is 284 g/mol. The van der Waals surface area contributed by atoms with Gasteiger partial charge in [0.2, 0.25) is 0 Å². The molecule has 1 fully saturated rings. The molecule has 0 heterocycles. The van der Waals surface area contributed by atoms with Crippen molar-refractivity contribution in [3.63, 3.8) is 0 Å². The van der Waals surface area contributed by atoms with E-state index in [2.05, 4.69) is 27.7 Å². The van der Waals surface area contributed by atoms with Crippen molar-refractivity contribution in [3.05, 3.63) is 0 Å². The van der Waals surface area contributed by atoms with Gasteiger partial charge in [0.1, 0.15) is 0 Å². The van der Waals surface area contributed by atoms with Gasteiger partial charge in [-0.3, -0.25) is 4.79 Å². The van der Waals surface area contributed by atoms with Crippen LogP contribution in [0.15, 0.2) is 0 Å². The summed E-state index contributed by atoms with van der Waals surface area (Å²) in [6.07, 6.45) is 5.94. The van der Waals surface area contributed by atoms with Gasteiger partial charge in [-0.05, 0) is 37.5 Å². The topological polar surface area (TPSA) is 35.5 Å². The van der Waals surface area contributed by atoms with E-state index in [0.717, 1.165) is 0 Å². The summed E-state index contributed by atoms with van der Waals surface area (Å²) in [6.45, 7) is 11.9. The Kier molecular flexibility index (Phi) is 7.01. The molecule has 0 radical (unpaired) electrons. The van der Waals surface area contributed by atoms with Crippen LogP contribution < -0.4 is 0 Å². The van der Waals surface area contributed by atoms with E-state index < -0.39 is 0 Å². The second kappa shape index (κ2) is 8.02. The Balaban J connectivity index is 2.25. The van der Waals surface area contributed by atoms with Crippen LogP contribution in [0.2, 0.25) is 0 Å². The molecule has 1 aliphatic rings. The Labute approximate surface area is 124 Å². The summed E-state index contributed by atoms with van der Waals surface area (Å²) in [5.41, 5.74) is 0.461. The van der Waals surface area contributed by atoms with E-state index >= 15 is 0 Å². The van der Waals surface area contributed by atoms with E-state index in [9.17, 15) is 4.79 Å². The molecule has 0 N–H and O–H groups in total. The van der Waals surface area contributed by atoms with Gasteiger partial charge in [-0.25, -0.2) is 0 Å². The summed E-state index contributed by atoms with van der Waals surface area (Å²) in [7, 11) is 0. The van der Waals surface area contributed by atoms with E-state index in [1.807, 2.05) is 6.92 Å². The van der Waals surface area contributed by atoms with Gasteiger partial charge in [-0.1, -0.05) is 34.1 Å². The number of esters is 1. The Hall–Kier alpha value is -0.570. The average Bonchev–Trinajstić information content (AvgIpc) is 2.40. The second-order valence-electron chi connectivity index (χ2n) is 7.20. The van der Waals surface area contributed by atoms with Gasteiger partial charge in [-0.15, -0.1) is 0 Å². The van der Waals surface area contributed by atoms with Crippen LogP contribution in [0.5, 0.6) is 0 Å². The number of hydrogen-bond donors (Lipinski definition) is 0.